The average molecular weight is 363 g/mol. The highest BCUT2D eigenvalue weighted by Gasteiger charge is 2.12. The molecule has 1 amide bonds. The summed E-state index contributed by atoms with van der Waals surface area (Å²) in [5.41, 5.74) is 0.750. The maximum absolute atomic E-state index is 12.9. The topological polar surface area (TPSA) is 29.1 Å². The molecule has 0 unspecified atom stereocenters. The Labute approximate surface area is 127 Å². The van der Waals surface area contributed by atoms with Crippen LogP contribution < -0.4 is 5.32 Å². The van der Waals surface area contributed by atoms with Gasteiger partial charge in [-0.25, -0.2) is 4.39 Å². The Morgan fingerprint density at radius 3 is 2.53 bits per heavy atom. The van der Waals surface area contributed by atoms with E-state index in [4.69, 9.17) is 23.2 Å². The zero-order valence-electron chi connectivity index (χ0n) is 9.38. The number of nitrogens with one attached hydrogen (secondary N) is 1. The lowest BCUT2D eigenvalue weighted by atomic mass is 10.2. The van der Waals surface area contributed by atoms with Crippen LogP contribution in [0.3, 0.4) is 0 Å². The second-order valence-corrected chi connectivity index (χ2v) is 5.40. The molecule has 1 N–H and O–H groups in total. The first-order valence-electron chi connectivity index (χ1n) is 5.19. The summed E-state index contributed by atoms with van der Waals surface area (Å²) < 4.78 is 13.6. The van der Waals surface area contributed by atoms with Gasteiger partial charge in [-0.15, -0.1) is 0 Å². The van der Waals surface area contributed by atoms with Crippen LogP contribution in [0.1, 0.15) is 10.4 Å². The summed E-state index contributed by atoms with van der Waals surface area (Å²) in [6.45, 7) is 0. The molecule has 0 aromatic heterocycles. The Balaban J connectivity index is 2.25. The van der Waals surface area contributed by atoms with Gasteiger partial charge in [0.05, 0.1) is 16.3 Å². The fourth-order valence-electron chi connectivity index (χ4n) is 1.45. The van der Waals surface area contributed by atoms with Crippen LogP contribution in [-0.4, -0.2) is 5.91 Å². The normalized spacial score (nSPS) is 10.3. The zero-order valence-corrected chi connectivity index (χ0v) is 12.5. The van der Waals surface area contributed by atoms with Gasteiger partial charge in [0.15, 0.2) is 0 Å². The van der Waals surface area contributed by atoms with Crippen LogP contribution in [-0.2, 0) is 0 Å². The molecule has 0 aliphatic carbocycles. The Morgan fingerprint density at radius 1 is 1.16 bits per heavy atom. The first kappa shape index (κ1) is 14.3. The molecule has 2 rings (SSSR count). The summed E-state index contributed by atoms with van der Waals surface area (Å²) in [4.78, 5) is 12.0. The predicted octanol–water partition coefficient (Wildman–Crippen LogP) is 5.15. The largest absolute Gasteiger partial charge is 0.321 e. The van der Waals surface area contributed by atoms with Crippen molar-refractivity contribution in [1.82, 2.24) is 0 Å². The van der Waals surface area contributed by atoms with Crippen LogP contribution in [0.2, 0.25) is 10.0 Å². The Hall–Kier alpha value is -1.10. The van der Waals surface area contributed by atoms with Gasteiger partial charge < -0.3 is 5.32 Å². The molecular formula is C13H7BrCl2FNO. The van der Waals surface area contributed by atoms with Crippen molar-refractivity contribution in [2.45, 2.75) is 0 Å². The standard InChI is InChI=1S/C13H7BrCl2FNO/c14-10-5-7(15)1-4-12(10)18-13(19)9-3-2-8(17)6-11(9)16/h1-6H,(H,18,19). The van der Waals surface area contributed by atoms with Crippen molar-refractivity contribution in [2.75, 3.05) is 5.32 Å². The van der Waals surface area contributed by atoms with Crippen molar-refractivity contribution in [3.63, 3.8) is 0 Å². The van der Waals surface area contributed by atoms with Crippen LogP contribution in [0, 0.1) is 5.82 Å². The van der Waals surface area contributed by atoms with Crippen molar-refractivity contribution in [3.8, 4) is 0 Å². The summed E-state index contributed by atoms with van der Waals surface area (Å²) in [6, 6.07) is 8.56. The van der Waals surface area contributed by atoms with Crippen LogP contribution in [0.5, 0.6) is 0 Å². The number of halogens is 4. The van der Waals surface area contributed by atoms with E-state index in [1.54, 1.807) is 18.2 Å². The molecule has 2 nitrogen and oxygen atoms in total. The highest BCUT2D eigenvalue weighted by molar-refractivity contribution is 9.10. The van der Waals surface area contributed by atoms with Gasteiger partial charge in [0.1, 0.15) is 5.82 Å². The molecule has 19 heavy (non-hydrogen) atoms. The maximum Gasteiger partial charge on any atom is 0.257 e. The average Bonchev–Trinajstić information content (AvgIpc) is 2.32. The van der Waals surface area contributed by atoms with E-state index < -0.39 is 11.7 Å². The lowest BCUT2D eigenvalue weighted by molar-refractivity contribution is 0.102. The van der Waals surface area contributed by atoms with Gasteiger partial charge in [-0.2, -0.15) is 0 Å². The molecule has 2 aromatic carbocycles. The fourth-order valence-corrected chi connectivity index (χ4v) is 2.49. The van der Waals surface area contributed by atoms with Crippen molar-refractivity contribution < 1.29 is 9.18 Å². The number of carbonyl (C=O) groups is 1. The Bertz CT molecular complexity index is 649. The molecule has 0 radical (unpaired) electrons. The molecular weight excluding hydrogens is 356 g/mol. The van der Waals surface area contributed by atoms with Gasteiger partial charge in [-0.3, -0.25) is 4.79 Å². The van der Waals surface area contributed by atoms with Gasteiger partial charge in [0.25, 0.3) is 5.91 Å². The molecule has 6 heteroatoms. The molecule has 0 aliphatic heterocycles. The molecule has 0 saturated heterocycles. The van der Waals surface area contributed by atoms with Crippen molar-refractivity contribution in [3.05, 3.63) is 62.3 Å². The van der Waals surface area contributed by atoms with Crippen molar-refractivity contribution >= 4 is 50.7 Å². The number of rotatable bonds is 2. The van der Waals surface area contributed by atoms with Crippen molar-refractivity contribution in [2.24, 2.45) is 0 Å². The first-order valence-corrected chi connectivity index (χ1v) is 6.74. The highest BCUT2D eigenvalue weighted by atomic mass is 79.9. The summed E-state index contributed by atoms with van der Waals surface area (Å²) in [7, 11) is 0. The molecule has 0 aliphatic rings. The molecule has 0 fully saturated rings. The van der Waals surface area contributed by atoms with E-state index in [1.165, 1.54) is 12.1 Å². The van der Waals surface area contributed by atoms with Gasteiger partial charge in [0, 0.05) is 9.50 Å². The van der Waals surface area contributed by atoms with Crippen LogP contribution in [0.15, 0.2) is 40.9 Å². The molecule has 0 saturated carbocycles. The monoisotopic (exact) mass is 361 g/mol. The third-order valence-electron chi connectivity index (χ3n) is 2.36. The van der Waals surface area contributed by atoms with Gasteiger partial charge in [0.2, 0.25) is 0 Å². The number of benzene rings is 2. The molecule has 2 aromatic rings. The second-order valence-electron chi connectivity index (χ2n) is 3.70. The van der Waals surface area contributed by atoms with E-state index in [9.17, 15) is 9.18 Å². The summed E-state index contributed by atoms with van der Waals surface area (Å²) in [5.74, 6) is -0.915. The third-order valence-corrected chi connectivity index (χ3v) is 3.56. The molecule has 0 spiro atoms. The minimum absolute atomic E-state index is 0.0579. The smallest absolute Gasteiger partial charge is 0.257 e. The second kappa shape index (κ2) is 5.90. The quantitative estimate of drug-likeness (QED) is 0.786. The number of hydrogen-bond acceptors (Lipinski definition) is 1. The SMILES string of the molecule is O=C(Nc1ccc(Cl)cc1Br)c1ccc(F)cc1Cl. The van der Waals surface area contributed by atoms with Crippen molar-refractivity contribution in [1.29, 1.82) is 0 Å². The molecule has 0 heterocycles. The third kappa shape index (κ3) is 3.47. The number of carbonyl (C=O) groups excluding carboxylic acids is 1. The van der Waals surface area contributed by atoms with Gasteiger partial charge in [-0.1, -0.05) is 23.2 Å². The highest BCUT2D eigenvalue weighted by Crippen LogP contribution is 2.27. The minimum atomic E-state index is -0.491. The summed E-state index contributed by atoms with van der Waals surface area (Å²) >= 11 is 14.9. The number of anilines is 1. The Kier molecular flexibility index (Phi) is 4.45. The zero-order chi connectivity index (χ0) is 14.0. The van der Waals surface area contributed by atoms with Crippen LogP contribution in [0.4, 0.5) is 10.1 Å². The predicted molar refractivity (Wildman–Crippen MR) is 78.5 cm³/mol. The van der Waals surface area contributed by atoms with Gasteiger partial charge >= 0.3 is 0 Å². The van der Waals surface area contributed by atoms with E-state index in [2.05, 4.69) is 21.2 Å². The van der Waals surface area contributed by atoms with Gasteiger partial charge in [-0.05, 0) is 52.3 Å². The lowest BCUT2D eigenvalue weighted by Gasteiger charge is -2.09. The summed E-state index contributed by atoms with van der Waals surface area (Å²) in [6.07, 6.45) is 0. The maximum atomic E-state index is 12.9. The fraction of sp³-hybridized carbons (Fsp3) is 0. The first-order chi connectivity index (χ1) is 8.97. The number of amides is 1. The molecule has 0 bridgehead atoms. The minimum Gasteiger partial charge on any atom is -0.321 e. The van der Waals surface area contributed by atoms with Crippen LogP contribution >= 0.6 is 39.1 Å². The van der Waals surface area contributed by atoms with E-state index in [1.807, 2.05) is 0 Å². The van der Waals surface area contributed by atoms with E-state index >= 15 is 0 Å². The number of hydrogen-bond donors (Lipinski definition) is 1. The molecule has 98 valence electrons. The van der Waals surface area contributed by atoms with E-state index in [0.717, 1.165) is 6.07 Å². The van der Waals surface area contributed by atoms with E-state index in [-0.39, 0.29) is 10.6 Å². The lowest BCUT2D eigenvalue weighted by Crippen LogP contribution is -2.12. The van der Waals surface area contributed by atoms with E-state index in [0.29, 0.717) is 15.2 Å². The summed E-state index contributed by atoms with van der Waals surface area (Å²) in [5, 5.41) is 3.27. The molecule has 0 atom stereocenters. The van der Waals surface area contributed by atoms with Crippen LogP contribution in [0.25, 0.3) is 0 Å². The Morgan fingerprint density at radius 2 is 1.89 bits per heavy atom.